The number of furan rings is 1. The largest absolute Gasteiger partial charge is 0.480 e. The van der Waals surface area contributed by atoms with E-state index in [4.69, 9.17) is 9.52 Å². The second-order valence-corrected chi connectivity index (χ2v) is 4.75. The number of rotatable bonds is 6. The fraction of sp³-hybridized carbons (Fsp3) is 0.417. The maximum atomic E-state index is 11.8. The van der Waals surface area contributed by atoms with Gasteiger partial charge in [-0.2, -0.15) is 4.80 Å². The standard InChI is InChI=1S/C12H15N5O4/c1-7(2)10(12(19)20)13-9(18)6-17-15-11(14-16-17)8-4-3-5-21-8/h3-5,7,10H,6H2,1-2H3,(H,13,18)(H,19,20)/t10-/m0/s1. The van der Waals surface area contributed by atoms with Crippen molar-refractivity contribution in [2.75, 3.05) is 0 Å². The highest BCUT2D eigenvalue weighted by molar-refractivity contribution is 5.83. The van der Waals surface area contributed by atoms with Gasteiger partial charge in [0.2, 0.25) is 11.7 Å². The molecule has 2 N–H and O–H groups in total. The molecule has 112 valence electrons. The molecule has 9 heteroatoms. The molecule has 0 bridgehead atoms. The summed E-state index contributed by atoms with van der Waals surface area (Å²) in [7, 11) is 0. The zero-order chi connectivity index (χ0) is 15.4. The van der Waals surface area contributed by atoms with Crippen LogP contribution < -0.4 is 5.32 Å². The molecular formula is C12H15N5O4. The average molecular weight is 293 g/mol. The van der Waals surface area contributed by atoms with Crippen molar-refractivity contribution in [1.29, 1.82) is 0 Å². The van der Waals surface area contributed by atoms with E-state index in [0.29, 0.717) is 5.76 Å². The summed E-state index contributed by atoms with van der Waals surface area (Å²) in [5, 5.41) is 22.9. The molecule has 1 atom stereocenters. The summed E-state index contributed by atoms with van der Waals surface area (Å²) in [5.74, 6) is -1.12. The molecule has 9 nitrogen and oxygen atoms in total. The number of aromatic nitrogens is 4. The van der Waals surface area contributed by atoms with Gasteiger partial charge < -0.3 is 14.8 Å². The monoisotopic (exact) mass is 293 g/mol. The molecular weight excluding hydrogens is 278 g/mol. The van der Waals surface area contributed by atoms with Crippen LogP contribution in [0.4, 0.5) is 0 Å². The van der Waals surface area contributed by atoms with E-state index in [0.717, 1.165) is 4.80 Å². The number of carbonyl (C=O) groups excluding carboxylic acids is 1. The van der Waals surface area contributed by atoms with Crippen molar-refractivity contribution in [3.8, 4) is 11.6 Å². The summed E-state index contributed by atoms with van der Waals surface area (Å²) < 4.78 is 5.11. The molecule has 0 aliphatic heterocycles. The molecule has 0 unspecified atom stereocenters. The second kappa shape index (κ2) is 6.16. The summed E-state index contributed by atoms with van der Waals surface area (Å²) in [4.78, 5) is 23.9. The molecule has 0 saturated heterocycles. The highest BCUT2D eigenvalue weighted by Crippen LogP contribution is 2.12. The molecule has 0 aliphatic rings. The Balaban J connectivity index is 1.98. The Morgan fingerprint density at radius 1 is 1.48 bits per heavy atom. The van der Waals surface area contributed by atoms with Crippen LogP contribution in [0.3, 0.4) is 0 Å². The molecule has 21 heavy (non-hydrogen) atoms. The fourth-order valence-corrected chi connectivity index (χ4v) is 1.68. The first-order chi connectivity index (χ1) is 9.97. The van der Waals surface area contributed by atoms with E-state index in [1.165, 1.54) is 6.26 Å². The molecule has 0 radical (unpaired) electrons. The van der Waals surface area contributed by atoms with Gasteiger partial charge in [-0.25, -0.2) is 4.79 Å². The summed E-state index contributed by atoms with van der Waals surface area (Å²) in [6.07, 6.45) is 1.48. The predicted octanol–water partition coefficient (Wildman–Crippen LogP) is 0.158. The predicted molar refractivity (Wildman–Crippen MR) is 69.9 cm³/mol. The van der Waals surface area contributed by atoms with E-state index in [2.05, 4.69) is 20.7 Å². The van der Waals surface area contributed by atoms with Crippen molar-refractivity contribution in [2.45, 2.75) is 26.4 Å². The number of tetrazole rings is 1. The fourth-order valence-electron chi connectivity index (χ4n) is 1.68. The lowest BCUT2D eigenvalue weighted by atomic mass is 10.1. The molecule has 0 saturated carbocycles. The molecule has 2 heterocycles. The van der Waals surface area contributed by atoms with Crippen LogP contribution in [0, 0.1) is 5.92 Å². The lowest BCUT2D eigenvalue weighted by Crippen LogP contribution is -2.45. The number of nitrogens with one attached hydrogen (secondary N) is 1. The molecule has 0 spiro atoms. The van der Waals surface area contributed by atoms with Gasteiger partial charge in [-0.15, -0.1) is 10.2 Å². The van der Waals surface area contributed by atoms with Gasteiger partial charge in [0.25, 0.3) is 0 Å². The third-order valence-electron chi connectivity index (χ3n) is 2.73. The first-order valence-electron chi connectivity index (χ1n) is 6.31. The van der Waals surface area contributed by atoms with Crippen LogP contribution in [0.5, 0.6) is 0 Å². The van der Waals surface area contributed by atoms with Gasteiger partial charge in [-0.1, -0.05) is 13.8 Å². The number of carbonyl (C=O) groups is 2. The SMILES string of the molecule is CC(C)[C@H](NC(=O)Cn1nnc(-c2ccco2)n1)C(=O)O. The third-order valence-corrected chi connectivity index (χ3v) is 2.73. The van der Waals surface area contributed by atoms with Crippen LogP contribution in [0.2, 0.25) is 0 Å². The van der Waals surface area contributed by atoms with Crippen molar-refractivity contribution in [2.24, 2.45) is 5.92 Å². The lowest BCUT2D eigenvalue weighted by Gasteiger charge is -2.17. The van der Waals surface area contributed by atoms with Crippen LogP contribution in [-0.4, -0.2) is 43.2 Å². The Morgan fingerprint density at radius 2 is 2.24 bits per heavy atom. The second-order valence-electron chi connectivity index (χ2n) is 4.75. The third kappa shape index (κ3) is 3.65. The van der Waals surface area contributed by atoms with Crippen molar-refractivity contribution < 1.29 is 19.1 Å². The Labute approximate surface area is 119 Å². The van der Waals surface area contributed by atoms with E-state index in [-0.39, 0.29) is 18.3 Å². The number of aliphatic carboxylic acids is 1. The van der Waals surface area contributed by atoms with Crippen molar-refractivity contribution in [3.63, 3.8) is 0 Å². The number of nitrogens with zero attached hydrogens (tertiary/aromatic N) is 4. The number of carboxylic acids is 1. The zero-order valence-electron chi connectivity index (χ0n) is 11.6. The highest BCUT2D eigenvalue weighted by Gasteiger charge is 2.23. The molecule has 0 aromatic carbocycles. The first-order valence-corrected chi connectivity index (χ1v) is 6.31. The maximum absolute atomic E-state index is 11.8. The van der Waals surface area contributed by atoms with Crippen LogP contribution >= 0.6 is 0 Å². The van der Waals surface area contributed by atoms with Gasteiger partial charge >= 0.3 is 5.97 Å². The van der Waals surface area contributed by atoms with Crippen LogP contribution in [0.15, 0.2) is 22.8 Å². The number of amides is 1. The van der Waals surface area contributed by atoms with E-state index < -0.39 is 17.9 Å². The Hall–Kier alpha value is -2.71. The van der Waals surface area contributed by atoms with E-state index in [9.17, 15) is 9.59 Å². The number of hydrogen-bond donors (Lipinski definition) is 2. The smallest absolute Gasteiger partial charge is 0.326 e. The molecule has 2 aromatic rings. The van der Waals surface area contributed by atoms with Gasteiger partial charge in [0.05, 0.1) is 6.26 Å². The zero-order valence-corrected chi connectivity index (χ0v) is 11.6. The molecule has 0 fully saturated rings. The first kappa shape index (κ1) is 14.7. The molecule has 2 aromatic heterocycles. The summed E-state index contributed by atoms with van der Waals surface area (Å²) in [6, 6.07) is 2.40. The normalized spacial score (nSPS) is 12.3. The number of hydrogen-bond acceptors (Lipinski definition) is 6. The van der Waals surface area contributed by atoms with E-state index in [1.54, 1.807) is 26.0 Å². The topological polar surface area (TPSA) is 123 Å². The van der Waals surface area contributed by atoms with Crippen LogP contribution in [0.1, 0.15) is 13.8 Å². The van der Waals surface area contributed by atoms with Crippen LogP contribution in [0.25, 0.3) is 11.6 Å². The Morgan fingerprint density at radius 3 is 2.81 bits per heavy atom. The maximum Gasteiger partial charge on any atom is 0.326 e. The highest BCUT2D eigenvalue weighted by atomic mass is 16.4. The van der Waals surface area contributed by atoms with Gasteiger partial charge in [-0.3, -0.25) is 4.79 Å². The quantitative estimate of drug-likeness (QED) is 0.777. The van der Waals surface area contributed by atoms with Crippen molar-refractivity contribution in [3.05, 3.63) is 18.4 Å². The minimum Gasteiger partial charge on any atom is -0.480 e. The lowest BCUT2D eigenvalue weighted by molar-refractivity contribution is -0.143. The minimum atomic E-state index is -1.08. The summed E-state index contributed by atoms with van der Waals surface area (Å²) >= 11 is 0. The van der Waals surface area contributed by atoms with Gasteiger partial charge in [0.1, 0.15) is 12.6 Å². The summed E-state index contributed by atoms with van der Waals surface area (Å²) in [5.41, 5.74) is 0. The molecule has 1 amide bonds. The van der Waals surface area contributed by atoms with Crippen molar-refractivity contribution in [1.82, 2.24) is 25.5 Å². The molecule has 0 aliphatic carbocycles. The van der Waals surface area contributed by atoms with Gasteiger partial charge in [0.15, 0.2) is 5.76 Å². The van der Waals surface area contributed by atoms with Gasteiger partial charge in [0, 0.05) is 0 Å². The van der Waals surface area contributed by atoms with Gasteiger partial charge in [-0.05, 0) is 23.3 Å². The van der Waals surface area contributed by atoms with Crippen LogP contribution in [-0.2, 0) is 16.1 Å². The Bertz CT molecular complexity index is 619. The minimum absolute atomic E-state index is 0.218. The molecule has 2 rings (SSSR count). The van der Waals surface area contributed by atoms with E-state index >= 15 is 0 Å². The average Bonchev–Trinajstić information content (AvgIpc) is 3.05. The summed E-state index contributed by atoms with van der Waals surface area (Å²) in [6.45, 7) is 3.20. The van der Waals surface area contributed by atoms with Crippen molar-refractivity contribution >= 4 is 11.9 Å². The van der Waals surface area contributed by atoms with E-state index in [1.807, 2.05) is 0 Å². The Kier molecular flexibility index (Phi) is 4.31. The number of carboxylic acid groups (broad SMARTS) is 1.